The molecule has 0 spiro atoms. The smallest absolute Gasteiger partial charge is 0.341 e. The van der Waals surface area contributed by atoms with Gasteiger partial charge in [0.2, 0.25) is 10.0 Å². The summed E-state index contributed by atoms with van der Waals surface area (Å²) in [5.41, 5.74) is 0. The summed E-state index contributed by atoms with van der Waals surface area (Å²) in [4.78, 5) is 10.3. The van der Waals surface area contributed by atoms with E-state index in [4.69, 9.17) is 21.4 Å². The molecule has 0 saturated carbocycles. The van der Waals surface area contributed by atoms with Gasteiger partial charge in [-0.25, -0.2) is 17.6 Å². The van der Waals surface area contributed by atoms with Gasteiger partial charge in [0.05, 0.1) is 9.92 Å². The Hall–Kier alpha value is -1.38. The predicted octanol–water partition coefficient (Wildman–Crippen LogP) is 1.54. The van der Waals surface area contributed by atoms with Crippen molar-refractivity contribution in [1.29, 1.82) is 0 Å². The standard InChI is InChI=1S/C12H13ClFNO5S/c13-10-5-9(1-2-11(10)20-7-12(16)17)21(18,19)15-4-3-8(14)6-15/h1-2,5,8H,3-4,6-7H2,(H,16,17)/t8-/m0/s1. The molecule has 6 nitrogen and oxygen atoms in total. The second kappa shape index (κ2) is 6.17. The molecule has 1 heterocycles. The van der Waals surface area contributed by atoms with E-state index >= 15 is 0 Å². The van der Waals surface area contributed by atoms with Crippen LogP contribution in [0, 0.1) is 0 Å². The highest BCUT2D eigenvalue weighted by Gasteiger charge is 2.32. The van der Waals surface area contributed by atoms with Crippen LogP contribution in [0.3, 0.4) is 0 Å². The highest BCUT2D eigenvalue weighted by molar-refractivity contribution is 7.89. The topological polar surface area (TPSA) is 83.9 Å². The Morgan fingerprint density at radius 3 is 2.76 bits per heavy atom. The summed E-state index contributed by atoms with van der Waals surface area (Å²) in [5, 5.41) is 8.49. The first kappa shape index (κ1) is 16.0. The maximum absolute atomic E-state index is 13.1. The number of carboxylic acids is 1. The molecule has 1 N–H and O–H groups in total. The molecular weight excluding hydrogens is 325 g/mol. The number of rotatable bonds is 5. The zero-order valence-electron chi connectivity index (χ0n) is 10.8. The fraction of sp³-hybridized carbons (Fsp3) is 0.417. The molecule has 1 fully saturated rings. The summed E-state index contributed by atoms with van der Waals surface area (Å²) < 4.78 is 43.6. The first-order valence-electron chi connectivity index (χ1n) is 6.09. The number of hydrogen-bond acceptors (Lipinski definition) is 4. The zero-order valence-corrected chi connectivity index (χ0v) is 12.4. The Kier molecular flexibility index (Phi) is 4.70. The number of aliphatic carboxylic acids is 1. The number of nitrogens with zero attached hydrogens (tertiary/aromatic N) is 1. The lowest BCUT2D eigenvalue weighted by atomic mass is 10.3. The van der Waals surface area contributed by atoms with Crippen LogP contribution in [0.1, 0.15) is 6.42 Å². The monoisotopic (exact) mass is 337 g/mol. The molecule has 116 valence electrons. The van der Waals surface area contributed by atoms with Crippen LogP contribution in [0.15, 0.2) is 23.1 Å². The highest BCUT2D eigenvalue weighted by atomic mass is 35.5. The molecule has 21 heavy (non-hydrogen) atoms. The van der Waals surface area contributed by atoms with Crippen LogP contribution in [-0.4, -0.2) is 49.7 Å². The minimum atomic E-state index is -3.81. The van der Waals surface area contributed by atoms with Gasteiger partial charge in [0.25, 0.3) is 0 Å². The maximum atomic E-state index is 13.1. The van der Waals surface area contributed by atoms with E-state index in [2.05, 4.69) is 0 Å². The Labute approximate surface area is 126 Å². The zero-order chi connectivity index (χ0) is 15.6. The van der Waals surface area contributed by atoms with E-state index in [0.717, 1.165) is 4.31 Å². The third kappa shape index (κ3) is 3.63. The number of halogens is 2. The van der Waals surface area contributed by atoms with E-state index in [0.29, 0.717) is 0 Å². The van der Waals surface area contributed by atoms with Gasteiger partial charge in [-0.3, -0.25) is 0 Å². The van der Waals surface area contributed by atoms with Gasteiger partial charge in [-0.05, 0) is 24.6 Å². The van der Waals surface area contributed by atoms with E-state index in [9.17, 15) is 17.6 Å². The van der Waals surface area contributed by atoms with Gasteiger partial charge in [0.1, 0.15) is 11.9 Å². The van der Waals surface area contributed by atoms with Crippen molar-refractivity contribution < 1.29 is 27.4 Å². The van der Waals surface area contributed by atoms with Crippen LogP contribution in [0.25, 0.3) is 0 Å². The van der Waals surface area contributed by atoms with Crippen LogP contribution in [0.4, 0.5) is 4.39 Å². The van der Waals surface area contributed by atoms with Crippen LogP contribution in [0.2, 0.25) is 5.02 Å². The average Bonchev–Trinajstić information content (AvgIpc) is 2.84. The minimum Gasteiger partial charge on any atom is -0.480 e. The number of sulfonamides is 1. The molecule has 0 unspecified atom stereocenters. The number of hydrogen-bond donors (Lipinski definition) is 1. The summed E-state index contributed by atoms with van der Waals surface area (Å²) in [7, 11) is -3.81. The molecule has 1 aliphatic heterocycles. The molecule has 1 aliphatic rings. The molecule has 0 aromatic heterocycles. The van der Waals surface area contributed by atoms with Crippen molar-refractivity contribution >= 4 is 27.6 Å². The van der Waals surface area contributed by atoms with Crippen molar-refractivity contribution in [3.8, 4) is 5.75 Å². The van der Waals surface area contributed by atoms with Crippen molar-refractivity contribution in [2.24, 2.45) is 0 Å². The Morgan fingerprint density at radius 2 is 2.24 bits per heavy atom. The van der Waals surface area contributed by atoms with Gasteiger partial charge < -0.3 is 9.84 Å². The highest BCUT2D eigenvalue weighted by Crippen LogP contribution is 2.30. The number of carboxylic acid groups (broad SMARTS) is 1. The molecule has 0 bridgehead atoms. The van der Waals surface area contributed by atoms with Crippen LogP contribution >= 0.6 is 11.6 Å². The third-order valence-electron chi connectivity index (χ3n) is 2.99. The fourth-order valence-electron chi connectivity index (χ4n) is 1.95. The normalized spacial score (nSPS) is 19.6. The van der Waals surface area contributed by atoms with Crippen molar-refractivity contribution in [2.45, 2.75) is 17.5 Å². The fourth-order valence-corrected chi connectivity index (χ4v) is 3.76. The molecule has 0 radical (unpaired) electrons. The van der Waals surface area contributed by atoms with Crippen molar-refractivity contribution in [2.75, 3.05) is 19.7 Å². The van der Waals surface area contributed by atoms with E-state index in [1.807, 2.05) is 0 Å². The summed E-state index contributed by atoms with van der Waals surface area (Å²) in [6, 6.07) is 3.70. The van der Waals surface area contributed by atoms with E-state index in [-0.39, 0.29) is 35.2 Å². The molecule has 2 rings (SSSR count). The van der Waals surface area contributed by atoms with Gasteiger partial charge in [0.15, 0.2) is 6.61 Å². The van der Waals surface area contributed by atoms with Crippen molar-refractivity contribution in [3.63, 3.8) is 0 Å². The summed E-state index contributed by atoms with van der Waals surface area (Å²) in [6.07, 6.45) is -0.985. The summed E-state index contributed by atoms with van der Waals surface area (Å²) in [6.45, 7) is -0.628. The van der Waals surface area contributed by atoms with Crippen LogP contribution < -0.4 is 4.74 Å². The SMILES string of the molecule is O=C(O)COc1ccc(S(=O)(=O)N2CC[C@H](F)C2)cc1Cl. The van der Waals surface area contributed by atoms with Gasteiger partial charge in [-0.15, -0.1) is 0 Å². The number of ether oxygens (including phenoxy) is 1. The molecule has 1 saturated heterocycles. The van der Waals surface area contributed by atoms with E-state index in [1.165, 1.54) is 18.2 Å². The molecule has 1 aromatic rings. The number of carbonyl (C=O) groups is 1. The lowest BCUT2D eigenvalue weighted by Gasteiger charge is -2.16. The number of benzene rings is 1. The largest absolute Gasteiger partial charge is 0.480 e. The van der Waals surface area contributed by atoms with E-state index < -0.39 is 28.8 Å². The summed E-state index contributed by atoms with van der Waals surface area (Å²) in [5.74, 6) is -1.10. The Balaban J connectivity index is 2.21. The maximum Gasteiger partial charge on any atom is 0.341 e. The molecule has 1 aromatic carbocycles. The lowest BCUT2D eigenvalue weighted by Crippen LogP contribution is -2.29. The predicted molar refractivity (Wildman–Crippen MR) is 72.9 cm³/mol. The second-order valence-electron chi connectivity index (χ2n) is 4.52. The Morgan fingerprint density at radius 1 is 1.52 bits per heavy atom. The van der Waals surface area contributed by atoms with Gasteiger partial charge >= 0.3 is 5.97 Å². The van der Waals surface area contributed by atoms with Gasteiger partial charge in [-0.2, -0.15) is 4.31 Å². The second-order valence-corrected chi connectivity index (χ2v) is 6.87. The lowest BCUT2D eigenvalue weighted by molar-refractivity contribution is -0.139. The molecule has 0 amide bonds. The first-order chi connectivity index (χ1) is 9.80. The first-order valence-corrected chi connectivity index (χ1v) is 7.91. The summed E-state index contributed by atoms with van der Waals surface area (Å²) >= 11 is 5.88. The quantitative estimate of drug-likeness (QED) is 0.881. The van der Waals surface area contributed by atoms with E-state index in [1.54, 1.807) is 0 Å². The van der Waals surface area contributed by atoms with Gasteiger partial charge in [0, 0.05) is 13.1 Å². The van der Waals surface area contributed by atoms with Gasteiger partial charge in [-0.1, -0.05) is 11.6 Å². The van der Waals surface area contributed by atoms with Crippen LogP contribution in [-0.2, 0) is 14.8 Å². The third-order valence-corrected chi connectivity index (χ3v) is 5.14. The van der Waals surface area contributed by atoms with Crippen molar-refractivity contribution in [3.05, 3.63) is 23.2 Å². The van der Waals surface area contributed by atoms with Crippen molar-refractivity contribution in [1.82, 2.24) is 4.31 Å². The molecule has 9 heteroatoms. The van der Waals surface area contributed by atoms with Crippen LogP contribution in [0.5, 0.6) is 5.75 Å². The molecule has 1 atom stereocenters. The molecular formula is C12H13ClFNO5S. The molecule has 0 aliphatic carbocycles. The number of alkyl halides is 1. The average molecular weight is 338 g/mol. The minimum absolute atomic E-state index is 0.0201. The Bertz CT molecular complexity index is 651.